The van der Waals surface area contributed by atoms with Crippen molar-refractivity contribution in [2.24, 2.45) is 0 Å². The van der Waals surface area contributed by atoms with Crippen molar-refractivity contribution in [1.29, 1.82) is 0 Å². The maximum atomic E-state index is 2.56. The van der Waals surface area contributed by atoms with Gasteiger partial charge in [0.1, 0.15) is 6.54 Å². The highest BCUT2D eigenvalue weighted by molar-refractivity contribution is 5.22. The van der Waals surface area contributed by atoms with Gasteiger partial charge in [0.2, 0.25) is 0 Å². The predicted molar refractivity (Wildman–Crippen MR) is 165 cm³/mol. The monoisotopic (exact) mass is 521 g/mol. The van der Waals surface area contributed by atoms with Gasteiger partial charge in [-0.05, 0) is 50.2 Å². The van der Waals surface area contributed by atoms with Crippen LogP contribution in [0.15, 0.2) is 48.5 Å². The Bertz CT molecular complexity index is 764. The summed E-state index contributed by atoms with van der Waals surface area (Å²) in [5.41, 5.74) is 3.10. The van der Waals surface area contributed by atoms with Gasteiger partial charge in [0.25, 0.3) is 0 Å². The summed E-state index contributed by atoms with van der Waals surface area (Å²) in [7, 11) is 0. The molecule has 2 nitrogen and oxygen atoms in total. The predicted octanol–water partition coefficient (Wildman–Crippen LogP) is 10.3. The number of hydrogen-bond acceptors (Lipinski definition) is 1. The molecule has 0 saturated heterocycles. The van der Waals surface area contributed by atoms with Crippen LogP contribution in [-0.4, -0.2) is 18.0 Å². The fourth-order valence-corrected chi connectivity index (χ4v) is 6.29. The summed E-state index contributed by atoms with van der Waals surface area (Å²) in [6, 6.07) is 4.60. The van der Waals surface area contributed by atoms with Gasteiger partial charge < -0.3 is 4.90 Å². The minimum Gasteiger partial charge on any atom is -0.373 e. The van der Waals surface area contributed by atoms with Crippen molar-refractivity contribution < 1.29 is 4.57 Å². The SMILES string of the molecule is C1=CC2=CN(C1)CCCCCCCCCCCCCc1ccc[n+](c1)CCCCCCCCCCCCC2. The number of aryl methyl sites for hydroxylation is 2. The number of rotatable bonds is 0. The van der Waals surface area contributed by atoms with Crippen LogP contribution in [0.5, 0.6) is 0 Å². The van der Waals surface area contributed by atoms with E-state index in [1.54, 1.807) is 5.57 Å². The number of hydrogen-bond donors (Lipinski definition) is 0. The van der Waals surface area contributed by atoms with E-state index in [1.807, 2.05) is 0 Å². The standard InChI is InChI=1S/C36H61N2/c1-3-7-11-15-19-25-35-27-23-32-38(33-35)30-22-18-14-10-6-2-4-8-12-16-20-26-36-28-24-31-37(34-36)29-21-17-13-9-5-1/h23-24,27-28,31,33-34H,1-22,25-26,29-30,32H2/q+1. The molecular formula is C36H61N2+. The zero-order chi connectivity index (χ0) is 26.4. The van der Waals surface area contributed by atoms with E-state index in [2.05, 4.69) is 52.3 Å². The Balaban J connectivity index is 1.33. The van der Waals surface area contributed by atoms with Crippen LogP contribution >= 0.6 is 0 Å². The molecule has 38 heavy (non-hydrogen) atoms. The zero-order valence-corrected chi connectivity index (χ0v) is 25.0. The third-order valence-electron chi connectivity index (χ3n) is 8.73. The fourth-order valence-electron chi connectivity index (χ4n) is 6.29. The molecule has 0 unspecified atom stereocenters. The molecule has 0 aliphatic carbocycles. The third kappa shape index (κ3) is 15.1. The van der Waals surface area contributed by atoms with Crippen molar-refractivity contribution in [3.63, 3.8) is 0 Å². The smallest absolute Gasteiger partial charge is 0.171 e. The molecule has 0 radical (unpaired) electrons. The van der Waals surface area contributed by atoms with Gasteiger partial charge in [0, 0.05) is 37.3 Å². The van der Waals surface area contributed by atoms with Crippen molar-refractivity contribution in [3.8, 4) is 0 Å². The Kier molecular flexibility index (Phi) is 17.3. The van der Waals surface area contributed by atoms with Gasteiger partial charge >= 0.3 is 0 Å². The lowest BCUT2D eigenvalue weighted by Gasteiger charge is -2.23. The van der Waals surface area contributed by atoms with Gasteiger partial charge in [-0.25, -0.2) is 4.57 Å². The lowest BCUT2D eigenvalue weighted by Crippen LogP contribution is -2.33. The lowest BCUT2D eigenvalue weighted by atomic mass is 10.0. The minimum atomic E-state index is 1.12. The Morgan fingerprint density at radius 2 is 1.08 bits per heavy atom. The summed E-state index contributed by atoms with van der Waals surface area (Å²) in [6.07, 6.45) is 45.6. The van der Waals surface area contributed by atoms with Crippen LogP contribution in [0.25, 0.3) is 0 Å². The highest BCUT2D eigenvalue weighted by Gasteiger charge is 2.06. The summed E-state index contributed by atoms with van der Waals surface area (Å²) in [4.78, 5) is 2.56. The van der Waals surface area contributed by atoms with E-state index < -0.39 is 0 Å². The number of aromatic nitrogens is 1. The van der Waals surface area contributed by atoms with Gasteiger partial charge in [-0.15, -0.1) is 0 Å². The van der Waals surface area contributed by atoms with Gasteiger partial charge in [0.05, 0.1) is 0 Å². The quantitative estimate of drug-likeness (QED) is 0.308. The molecule has 0 spiro atoms. The summed E-state index contributed by atoms with van der Waals surface area (Å²) >= 11 is 0. The molecular weight excluding hydrogens is 460 g/mol. The van der Waals surface area contributed by atoms with E-state index in [4.69, 9.17) is 0 Å². The summed E-state index contributed by atoms with van der Waals surface area (Å²) < 4.78 is 2.44. The van der Waals surface area contributed by atoms with Crippen molar-refractivity contribution in [2.45, 2.75) is 161 Å². The number of pyridine rings is 1. The highest BCUT2D eigenvalue weighted by Crippen LogP contribution is 2.18. The molecule has 0 atom stereocenters. The van der Waals surface area contributed by atoms with Gasteiger partial charge in [0.15, 0.2) is 12.4 Å². The molecule has 1 aromatic heterocycles. The van der Waals surface area contributed by atoms with Crippen LogP contribution in [0, 0.1) is 0 Å². The largest absolute Gasteiger partial charge is 0.373 e. The first-order valence-corrected chi connectivity index (χ1v) is 17.0. The Hall–Kier alpha value is -1.57. The average Bonchev–Trinajstić information content (AvgIpc) is 2.94. The average molecular weight is 522 g/mol. The minimum absolute atomic E-state index is 1.12. The lowest BCUT2D eigenvalue weighted by molar-refractivity contribution is -0.697. The molecule has 3 heterocycles. The molecule has 2 aliphatic rings. The molecule has 0 N–H and O–H groups in total. The van der Waals surface area contributed by atoms with Crippen LogP contribution < -0.4 is 4.57 Å². The van der Waals surface area contributed by atoms with Crippen molar-refractivity contribution >= 4 is 0 Å². The van der Waals surface area contributed by atoms with E-state index >= 15 is 0 Å². The molecule has 1 aromatic rings. The molecule has 2 heteroatoms. The van der Waals surface area contributed by atoms with Crippen LogP contribution in [-0.2, 0) is 13.0 Å². The maximum absolute atomic E-state index is 2.56. The van der Waals surface area contributed by atoms with Gasteiger partial charge in [-0.2, -0.15) is 0 Å². The second-order valence-electron chi connectivity index (χ2n) is 12.3. The molecule has 3 rings (SSSR count). The van der Waals surface area contributed by atoms with E-state index in [0.29, 0.717) is 0 Å². The first-order chi connectivity index (χ1) is 18.9. The summed E-state index contributed by atoms with van der Waals surface area (Å²) in [5, 5.41) is 0. The molecule has 4 bridgehead atoms. The first kappa shape index (κ1) is 31.0. The third-order valence-corrected chi connectivity index (χ3v) is 8.73. The molecule has 0 amide bonds. The molecule has 214 valence electrons. The zero-order valence-electron chi connectivity index (χ0n) is 25.0. The van der Waals surface area contributed by atoms with Crippen LogP contribution in [0.2, 0.25) is 0 Å². The van der Waals surface area contributed by atoms with Crippen LogP contribution in [0.1, 0.15) is 153 Å². The Morgan fingerprint density at radius 3 is 1.71 bits per heavy atom. The second kappa shape index (κ2) is 21.3. The molecule has 0 fully saturated rings. The number of nitrogens with zero attached hydrogens (tertiary/aromatic N) is 2. The van der Waals surface area contributed by atoms with Crippen molar-refractivity contribution in [1.82, 2.24) is 4.90 Å². The van der Waals surface area contributed by atoms with Gasteiger partial charge in [-0.1, -0.05) is 121 Å². The van der Waals surface area contributed by atoms with Crippen LogP contribution in [0.3, 0.4) is 0 Å². The summed E-state index contributed by atoms with van der Waals surface area (Å²) in [5.74, 6) is 0. The number of allylic oxidation sites excluding steroid dienone is 2. The van der Waals surface area contributed by atoms with Crippen molar-refractivity contribution in [2.75, 3.05) is 13.1 Å². The Labute approximate surface area is 237 Å². The normalized spacial score (nSPS) is 22.0. The van der Waals surface area contributed by atoms with E-state index in [9.17, 15) is 0 Å². The highest BCUT2D eigenvalue weighted by atomic mass is 15.1. The van der Waals surface area contributed by atoms with E-state index in [0.717, 1.165) is 6.54 Å². The summed E-state index contributed by atoms with van der Waals surface area (Å²) in [6.45, 7) is 3.56. The first-order valence-electron chi connectivity index (χ1n) is 17.0. The molecule has 0 saturated carbocycles. The Morgan fingerprint density at radius 1 is 0.553 bits per heavy atom. The molecule has 0 aromatic carbocycles. The second-order valence-corrected chi connectivity index (χ2v) is 12.3. The van der Waals surface area contributed by atoms with Crippen molar-refractivity contribution in [3.05, 3.63) is 54.0 Å². The number of fused-ring (bicyclic) bond motifs is 3. The van der Waals surface area contributed by atoms with E-state index in [1.165, 1.54) is 173 Å². The maximum Gasteiger partial charge on any atom is 0.171 e. The fraction of sp³-hybridized carbons (Fsp3) is 0.750. The van der Waals surface area contributed by atoms with Crippen LogP contribution in [0.4, 0.5) is 0 Å². The van der Waals surface area contributed by atoms with Gasteiger partial charge in [-0.3, -0.25) is 0 Å². The van der Waals surface area contributed by atoms with E-state index in [-0.39, 0.29) is 0 Å². The topological polar surface area (TPSA) is 7.12 Å². The molecule has 2 aliphatic heterocycles.